The van der Waals surface area contributed by atoms with E-state index in [1.54, 1.807) is 20.8 Å². The van der Waals surface area contributed by atoms with E-state index in [0.717, 1.165) is 10.1 Å². The van der Waals surface area contributed by atoms with Crippen LogP contribution in [0.15, 0.2) is 21.5 Å². The van der Waals surface area contributed by atoms with E-state index in [-0.39, 0.29) is 5.82 Å². The molecule has 0 aromatic heterocycles. The van der Waals surface area contributed by atoms with Gasteiger partial charge < -0.3 is 0 Å². The summed E-state index contributed by atoms with van der Waals surface area (Å²) in [6.45, 7) is 8.98. The van der Waals surface area contributed by atoms with Crippen molar-refractivity contribution in [3.8, 4) is 0 Å². The van der Waals surface area contributed by atoms with E-state index in [0.29, 0.717) is 11.4 Å². The second kappa shape index (κ2) is 3.30. The number of nitrogens with zero attached hydrogens (tertiary/aromatic N) is 4. The molecule has 2 heterocycles. The number of hydroxylamine groups is 4. The van der Waals surface area contributed by atoms with Gasteiger partial charge in [0.2, 0.25) is 0 Å². The fourth-order valence-electron chi connectivity index (χ4n) is 1.87. The van der Waals surface area contributed by atoms with E-state index in [2.05, 4.69) is 9.98 Å². The summed E-state index contributed by atoms with van der Waals surface area (Å²) in [6.07, 6.45) is 1.39. The summed E-state index contributed by atoms with van der Waals surface area (Å²) in [5.41, 5.74) is -0.382. The third-order valence-electron chi connectivity index (χ3n) is 3.92. The summed E-state index contributed by atoms with van der Waals surface area (Å²) in [5, 5.41) is 24.3. The Hall–Kier alpha value is -1.40. The molecule has 0 bridgehead atoms. The molecular weight excluding hydrogens is 220 g/mol. The molecule has 0 unspecified atom stereocenters. The van der Waals surface area contributed by atoms with Crippen molar-refractivity contribution >= 4 is 12.1 Å². The maximum atomic E-state index is 12.3. The van der Waals surface area contributed by atoms with Crippen molar-refractivity contribution in [2.45, 2.75) is 45.7 Å². The molecule has 0 aliphatic carbocycles. The Kier molecular flexibility index (Phi) is 2.34. The lowest BCUT2D eigenvalue weighted by molar-refractivity contribution is -0.181. The molecule has 93 valence electrons. The van der Waals surface area contributed by atoms with Crippen LogP contribution in [0.1, 0.15) is 34.6 Å². The van der Waals surface area contributed by atoms with Crippen LogP contribution in [-0.2, 0) is 5.21 Å². The van der Waals surface area contributed by atoms with Crippen LogP contribution >= 0.6 is 0 Å². The van der Waals surface area contributed by atoms with Gasteiger partial charge in [0.05, 0.1) is 16.8 Å². The molecule has 2 aliphatic rings. The van der Waals surface area contributed by atoms with Crippen molar-refractivity contribution in [3.63, 3.8) is 0 Å². The van der Waals surface area contributed by atoms with Gasteiger partial charge in [-0.2, -0.15) is 5.06 Å². The van der Waals surface area contributed by atoms with Crippen LogP contribution < -0.4 is 0 Å². The van der Waals surface area contributed by atoms with Gasteiger partial charge in [0.15, 0.2) is 5.82 Å². The smallest absolute Gasteiger partial charge is 0.185 e. The Balaban J connectivity index is 2.60. The molecule has 0 atom stereocenters. The molecule has 6 heteroatoms. The third-order valence-corrected chi connectivity index (χ3v) is 3.92. The Morgan fingerprint density at radius 2 is 1.82 bits per heavy atom. The average molecular weight is 237 g/mol. The first-order chi connectivity index (χ1) is 7.71. The van der Waals surface area contributed by atoms with E-state index >= 15 is 0 Å². The summed E-state index contributed by atoms with van der Waals surface area (Å²) in [5.74, 6) is 0.162. The topological polar surface area (TPSA) is 71.3 Å². The van der Waals surface area contributed by atoms with E-state index in [9.17, 15) is 10.4 Å². The molecule has 6 nitrogen and oxygen atoms in total. The fourth-order valence-corrected chi connectivity index (χ4v) is 1.87. The molecule has 17 heavy (non-hydrogen) atoms. The highest BCUT2D eigenvalue weighted by molar-refractivity contribution is 6.06. The van der Waals surface area contributed by atoms with Gasteiger partial charge in [-0.1, -0.05) is 5.21 Å². The predicted molar refractivity (Wildman–Crippen MR) is 62.9 cm³/mol. The Labute approximate surface area is 100 Å². The largest absolute Gasteiger partial charge is 0.286 e. The van der Waals surface area contributed by atoms with Gasteiger partial charge in [0.25, 0.3) is 0 Å². The summed E-state index contributed by atoms with van der Waals surface area (Å²) in [4.78, 5) is 8.03. The standard InChI is InChI=1S/C11H17N4O2/c1-7-8(13-6-12-7)9-14(16)10(2,3)11(4,5)15(9)17/h6,16H,1-5H3/b9-8+. The highest BCUT2D eigenvalue weighted by Crippen LogP contribution is 2.44. The number of hydrogen-bond donors (Lipinski definition) is 1. The van der Waals surface area contributed by atoms with Gasteiger partial charge >= 0.3 is 0 Å². The van der Waals surface area contributed by atoms with E-state index < -0.39 is 11.1 Å². The normalized spacial score (nSPS) is 30.2. The summed E-state index contributed by atoms with van der Waals surface area (Å²) in [7, 11) is 0. The molecule has 2 rings (SSSR count). The lowest BCUT2D eigenvalue weighted by atomic mass is 9.84. The van der Waals surface area contributed by atoms with Gasteiger partial charge in [0, 0.05) is 0 Å². The molecule has 1 saturated heterocycles. The molecule has 0 amide bonds. The minimum atomic E-state index is -0.748. The molecule has 0 aromatic carbocycles. The third kappa shape index (κ3) is 1.34. The van der Waals surface area contributed by atoms with Crippen molar-refractivity contribution in [2.24, 2.45) is 9.98 Å². The maximum Gasteiger partial charge on any atom is 0.185 e. The first kappa shape index (κ1) is 12.1. The van der Waals surface area contributed by atoms with Crippen LogP contribution in [0.3, 0.4) is 0 Å². The summed E-state index contributed by atoms with van der Waals surface area (Å²) >= 11 is 0. The zero-order chi connectivity index (χ0) is 13.0. The van der Waals surface area contributed by atoms with Crippen molar-refractivity contribution in [2.75, 3.05) is 0 Å². The minimum Gasteiger partial charge on any atom is -0.286 e. The number of allylic oxidation sites excluding steroid dienone is 1. The quantitative estimate of drug-likeness (QED) is 0.695. The van der Waals surface area contributed by atoms with Crippen molar-refractivity contribution in [1.29, 1.82) is 0 Å². The van der Waals surface area contributed by atoms with Crippen LogP contribution in [0.4, 0.5) is 0 Å². The van der Waals surface area contributed by atoms with Gasteiger partial charge in [-0.25, -0.2) is 15.0 Å². The molecule has 1 N–H and O–H groups in total. The fraction of sp³-hybridized carbons (Fsp3) is 0.636. The SMILES string of the molecule is CC1=NC=N/C1=C1/N([O])C(C)(C)C(C)(C)N1O. The van der Waals surface area contributed by atoms with Crippen LogP contribution in [0.2, 0.25) is 0 Å². The molecule has 0 saturated carbocycles. The first-order valence-corrected chi connectivity index (χ1v) is 5.49. The Bertz CT molecular complexity index is 426. The molecule has 0 spiro atoms. The van der Waals surface area contributed by atoms with Gasteiger partial charge in [-0.3, -0.25) is 5.21 Å². The first-order valence-electron chi connectivity index (χ1n) is 5.49. The average Bonchev–Trinajstić information content (AvgIpc) is 2.68. The maximum absolute atomic E-state index is 12.3. The molecular formula is C11H17N4O2. The van der Waals surface area contributed by atoms with Crippen LogP contribution in [0.25, 0.3) is 0 Å². The zero-order valence-electron chi connectivity index (χ0n) is 10.7. The second-order valence-corrected chi connectivity index (χ2v) is 5.36. The Morgan fingerprint density at radius 1 is 1.24 bits per heavy atom. The molecule has 1 fully saturated rings. The Morgan fingerprint density at radius 3 is 2.18 bits per heavy atom. The van der Waals surface area contributed by atoms with Crippen molar-refractivity contribution < 1.29 is 10.4 Å². The van der Waals surface area contributed by atoms with E-state index in [1.165, 1.54) is 6.34 Å². The highest BCUT2D eigenvalue weighted by atomic mass is 16.6. The summed E-state index contributed by atoms with van der Waals surface area (Å²) in [6, 6.07) is 0. The van der Waals surface area contributed by atoms with Crippen molar-refractivity contribution in [3.05, 3.63) is 11.5 Å². The van der Waals surface area contributed by atoms with Crippen molar-refractivity contribution in [1.82, 2.24) is 10.1 Å². The van der Waals surface area contributed by atoms with Crippen LogP contribution in [0, 0.1) is 0 Å². The van der Waals surface area contributed by atoms with E-state index in [1.807, 2.05) is 13.8 Å². The number of rotatable bonds is 0. The molecule has 0 aromatic rings. The van der Waals surface area contributed by atoms with Gasteiger partial charge in [0.1, 0.15) is 12.0 Å². The lowest BCUT2D eigenvalue weighted by Crippen LogP contribution is -2.52. The van der Waals surface area contributed by atoms with Gasteiger partial charge in [-0.05, 0) is 34.6 Å². The lowest BCUT2D eigenvalue weighted by Gasteiger charge is -2.36. The zero-order valence-corrected chi connectivity index (χ0v) is 10.7. The molecule has 2 aliphatic heterocycles. The van der Waals surface area contributed by atoms with Crippen LogP contribution in [0.5, 0.6) is 0 Å². The predicted octanol–water partition coefficient (Wildman–Crippen LogP) is 1.57. The summed E-state index contributed by atoms with van der Waals surface area (Å²) < 4.78 is 0. The monoisotopic (exact) mass is 237 g/mol. The van der Waals surface area contributed by atoms with Gasteiger partial charge in [-0.15, -0.1) is 0 Å². The second-order valence-electron chi connectivity index (χ2n) is 5.36. The number of hydrogen-bond acceptors (Lipinski definition) is 5. The minimum absolute atomic E-state index is 0.162. The van der Waals surface area contributed by atoms with Crippen LogP contribution in [-0.4, -0.2) is 38.5 Å². The highest BCUT2D eigenvalue weighted by Gasteiger charge is 2.57. The molecule has 1 radical (unpaired) electrons. The number of aliphatic imine (C=N–C) groups is 2. The van der Waals surface area contributed by atoms with E-state index in [4.69, 9.17) is 0 Å².